The average molecular weight is 336 g/mol. The summed E-state index contributed by atoms with van der Waals surface area (Å²) in [4.78, 5) is 12.2. The molecule has 132 valence electrons. The van der Waals surface area contributed by atoms with Gasteiger partial charge in [-0.1, -0.05) is 12.1 Å². The minimum absolute atomic E-state index is 0.116. The molecule has 1 saturated heterocycles. The van der Waals surface area contributed by atoms with Crippen LogP contribution < -0.4 is 10.6 Å². The summed E-state index contributed by atoms with van der Waals surface area (Å²) >= 11 is 0. The number of aryl methyl sites for hydroxylation is 1. The van der Waals surface area contributed by atoms with Crippen LogP contribution in [0.2, 0.25) is 0 Å². The van der Waals surface area contributed by atoms with Gasteiger partial charge in [0, 0.05) is 18.9 Å². The normalized spacial score (nSPS) is 21.6. The third-order valence-electron chi connectivity index (χ3n) is 4.94. The van der Waals surface area contributed by atoms with E-state index in [-0.39, 0.29) is 23.9 Å². The van der Waals surface area contributed by atoms with Gasteiger partial charge < -0.3 is 20.1 Å². The highest BCUT2D eigenvalue weighted by molar-refractivity contribution is 5.74. The van der Waals surface area contributed by atoms with E-state index in [1.807, 2.05) is 13.0 Å². The Hall–Kier alpha value is -1.66. The average Bonchev–Trinajstić information content (AvgIpc) is 3.00. The topological polar surface area (TPSA) is 59.6 Å². The number of carbonyl (C=O) groups excluding carboxylic acids is 1. The van der Waals surface area contributed by atoms with Crippen molar-refractivity contribution in [2.75, 3.05) is 13.2 Å². The van der Waals surface area contributed by atoms with Crippen LogP contribution in [-0.4, -0.2) is 31.1 Å². The van der Waals surface area contributed by atoms with Crippen LogP contribution in [-0.2, 0) is 9.47 Å². The SMILES string of the molecule is Cc1ccc([C@@H](C)NC(=O)NC2CCC3(CC2)OCCO3)cc1F. The lowest BCUT2D eigenvalue weighted by Gasteiger charge is -2.35. The lowest BCUT2D eigenvalue weighted by Crippen LogP contribution is -2.47. The molecular weight excluding hydrogens is 311 g/mol. The lowest BCUT2D eigenvalue weighted by atomic mass is 9.90. The van der Waals surface area contributed by atoms with Crippen LogP contribution in [0, 0.1) is 12.7 Å². The highest BCUT2D eigenvalue weighted by Crippen LogP contribution is 2.35. The van der Waals surface area contributed by atoms with Gasteiger partial charge in [-0.2, -0.15) is 0 Å². The molecule has 1 saturated carbocycles. The standard InChI is InChI=1S/C18H25FN2O3/c1-12-3-4-14(11-16(12)19)13(2)20-17(22)21-15-5-7-18(8-6-15)23-9-10-24-18/h3-4,11,13,15H,5-10H2,1-2H3,(H2,20,21,22)/t13-/m1/s1. The maximum Gasteiger partial charge on any atom is 0.315 e. The molecule has 6 heteroatoms. The summed E-state index contributed by atoms with van der Waals surface area (Å²) in [6.45, 7) is 4.88. The predicted molar refractivity (Wildman–Crippen MR) is 88.1 cm³/mol. The monoisotopic (exact) mass is 336 g/mol. The molecule has 2 N–H and O–H groups in total. The van der Waals surface area contributed by atoms with Gasteiger partial charge in [0.05, 0.1) is 19.3 Å². The van der Waals surface area contributed by atoms with Crippen molar-refractivity contribution >= 4 is 6.03 Å². The summed E-state index contributed by atoms with van der Waals surface area (Å²) in [5, 5.41) is 5.87. The first-order chi connectivity index (χ1) is 11.5. The Morgan fingerprint density at radius 2 is 1.96 bits per heavy atom. The first-order valence-corrected chi connectivity index (χ1v) is 8.58. The number of benzene rings is 1. The first-order valence-electron chi connectivity index (χ1n) is 8.58. The van der Waals surface area contributed by atoms with E-state index in [9.17, 15) is 9.18 Å². The summed E-state index contributed by atoms with van der Waals surface area (Å²) in [5.74, 6) is -0.669. The van der Waals surface area contributed by atoms with E-state index in [1.165, 1.54) is 6.07 Å². The zero-order valence-electron chi connectivity index (χ0n) is 14.2. The third-order valence-corrected chi connectivity index (χ3v) is 4.94. The van der Waals surface area contributed by atoms with Gasteiger partial charge in [-0.05, 0) is 43.9 Å². The molecule has 1 aromatic rings. The lowest BCUT2D eigenvalue weighted by molar-refractivity contribution is -0.179. The minimum Gasteiger partial charge on any atom is -0.348 e. The van der Waals surface area contributed by atoms with Crippen LogP contribution in [0.3, 0.4) is 0 Å². The van der Waals surface area contributed by atoms with E-state index >= 15 is 0 Å². The Labute approximate surface area is 141 Å². The number of urea groups is 1. The molecule has 24 heavy (non-hydrogen) atoms. The third kappa shape index (κ3) is 3.87. The number of rotatable bonds is 3. The molecule has 2 fully saturated rings. The molecule has 1 aliphatic heterocycles. The smallest absolute Gasteiger partial charge is 0.315 e. The van der Waals surface area contributed by atoms with E-state index in [4.69, 9.17) is 9.47 Å². The molecule has 3 rings (SSSR count). The molecule has 1 aromatic carbocycles. The van der Waals surface area contributed by atoms with Gasteiger partial charge in [-0.25, -0.2) is 9.18 Å². The van der Waals surface area contributed by atoms with Crippen LogP contribution in [0.4, 0.5) is 9.18 Å². The maximum atomic E-state index is 13.6. The largest absolute Gasteiger partial charge is 0.348 e. The van der Waals surface area contributed by atoms with Crippen LogP contribution in [0.5, 0.6) is 0 Å². The van der Waals surface area contributed by atoms with E-state index < -0.39 is 5.79 Å². The first kappa shape index (κ1) is 17.2. The molecule has 1 aliphatic carbocycles. The molecule has 1 heterocycles. The van der Waals surface area contributed by atoms with Gasteiger partial charge >= 0.3 is 6.03 Å². The Morgan fingerprint density at radius 3 is 2.58 bits per heavy atom. The Morgan fingerprint density at radius 1 is 1.29 bits per heavy atom. The zero-order chi connectivity index (χ0) is 17.2. The molecule has 0 radical (unpaired) electrons. The van der Waals surface area contributed by atoms with Crippen molar-refractivity contribution in [2.45, 2.75) is 57.4 Å². The van der Waals surface area contributed by atoms with Crippen molar-refractivity contribution in [3.05, 3.63) is 35.1 Å². The van der Waals surface area contributed by atoms with E-state index in [0.29, 0.717) is 18.8 Å². The summed E-state index contributed by atoms with van der Waals surface area (Å²) in [6, 6.07) is 4.67. The molecule has 0 unspecified atom stereocenters. The summed E-state index contributed by atoms with van der Waals surface area (Å²) < 4.78 is 25.0. The Bertz CT molecular complexity index is 592. The number of amides is 2. The molecule has 5 nitrogen and oxygen atoms in total. The number of hydrogen-bond donors (Lipinski definition) is 2. The molecule has 0 aromatic heterocycles. The predicted octanol–water partition coefficient (Wildman–Crippen LogP) is 3.18. The van der Waals surface area contributed by atoms with Gasteiger partial charge in [0.15, 0.2) is 5.79 Å². The van der Waals surface area contributed by atoms with Crippen LogP contribution in [0.25, 0.3) is 0 Å². The van der Waals surface area contributed by atoms with Gasteiger partial charge in [0.1, 0.15) is 5.82 Å². The summed E-state index contributed by atoms with van der Waals surface area (Å²) in [5.41, 5.74) is 1.35. The number of halogens is 1. The van der Waals surface area contributed by atoms with E-state index in [2.05, 4.69) is 10.6 Å². The van der Waals surface area contributed by atoms with Gasteiger partial charge in [0.25, 0.3) is 0 Å². The van der Waals surface area contributed by atoms with Crippen LogP contribution >= 0.6 is 0 Å². The zero-order valence-corrected chi connectivity index (χ0v) is 14.2. The van der Waals surface area contributed by atoms with Gasteiger partial charge in [0.2, 0.25) is 0 Å². The molecule has 1 atom stereocenters. The number of nitrogens with one attached hydrogen (secondary N) is 2. The number of hydrogen-bond acceptors (Lipinski definition) is 3. The van der Waals surface area contributed by atoms with Crippen molar-refractivity contribution in [2.24, 2.45) is 0 Å². The van der Waals surface area contributed by atoms with Crippen molar-refractivity contribution in [1.82, 2.24) is 10.6 Å². The fourth-order valence-electron chi connectivity index (χ4n) is 3.37. The molecule has 0 bridgehead atoms. The molecular formula is C18H25FN2O3. The highest BCUT2D eigenvalue weighted by Gasteiger charge is 2.40. The fourth-order valence-corrected chi connectivity index (χ4v) is 3.37. The summed E-state index contributed by atoms with van der Waals surface area (Å²) in [6.07, 6.45) is 3.27. The minimum atomic E-state index is -0.415. The molecule has 2 amide bonds. The highest BCUT2D eigenvalue weighted by atomic mass is 19.1. The second-order valence-electron chi connectivity index (χ2n) is 6.73. The van der Waals surface area contributed by atoms with Crippen molar-refractivity contribution in [1.29, 1.82) is 0 Å². The van der Waals surface area contributed by atoms with E-state index in [1.54, 1.807) is 13.0 Å². The molecule has 2 aliphatic rings. The number of carbonyl (C=O) groups is 1. The van der Waals surface area contributed by atoms with Crippen molar-refractivity contribution in [3.63, 3.8) is 0 Å². The second kappa shape index (κ2) is 7.07. The quantitative estimate of drug-likeness (QED) is 0.891. The maximum absolute atomic E-state index is 13.6. The Kier molecular flexibility index (Phi) is 5.06. The van der Waals surface area contributed by atoms with Crippen molar-refractivity contribution in [3.8, 4) is 0 Å². The van der Waals surface area contributed by atoms with Gasteiger partial charge in [-0.15, -0.1) is 0 Å². The molecule has 1 spiro atoms. The Balaban J connectivity index is 1.48. The van der Waals surface area contributed by atoms with Gasteiger partial charge in [-0.3, -0.25) is 0 Å². The van der Waals surface area contributed by atoms with Crippen LogP contribution in [0.1, 0.15) is 49.8 Å². The second-order valence-corrected chi connectivity index (χ2v) is 6.73. The van der Waals surface area contributed by atoms with Crippen LogP contribution in [0.15, 0.2) is 18.2 Å². The fraction of sp³-hybridized carbons (Fsp3) is 0.611. The summed E-state index contributed by atoms with van der Waals surface area (Å²) in [7, 11) is 0. The number of ether oxygens (including phenoxy) is 2. The van der Waals surface area contributed by atoms with Crippen molar-refractivity contribution < 1.29 is 18.7 Å². The van der Waals surface area contributed by atoms with E-state index in [0.717, 1.165) is 31.2 Å².